The second-order valence-corrected chi connectivity index (χ2v) is 6.09. The van der Waals surface area contributed by atoms with Crippen molar-refractivity contribution in [3.05, 3.63) is 58.4 Å². The second kappa shape index (κ2) is 6.34. The van der Waals surface area contributed by atoms with Crippen LogP contribution in [0.15, 0.2) is 47.8 Å². The van der Waals surface area contributed by atoms with E-state index in [0.717, 1.165) is 22.7 Å². The summed E-state index contributed by atoms with van der Waals surface area (Å²) in [6.07, 6.45) is 0. The molecular formula is C17H19N3OS. The van der Waals surface area contributed by atoms with E-state index >= 15 is 0 Å². The van der Waals surface area contributed by atoms with Crippen LogP contribution in [0.1, 0.15) is 16.5 Å². The third kappa shape index (κ3) is 2.77. The Bertz CT molecular complexity index is 732. The van der Waals surface area contributed by atoms with Crippen LogP contribution < -0.4 is 10.5 Å². The molecule has 0 saturated carbocycles. The molecule has 114 valence electrons. The zero-order valence-electron chi connectivity index (χ0n) is 12.7. The Labute approximate surface area is 134 Å². The van der Waals surface area contributed by atoms with E-state index in [0.29, 0.717) is 6.54 Å². The molecule has 1 unspecified atom stereocenters. The Morgan fingerprint density at radius 1 is 1.27 bits per heavy atom. The highest BCUT2D eigenvalue weighted by Gasteiger charge is 2.19. The second-order valence-electron chi connectivity index (χ2n) is 5.11. The summed E-state index contributed by atoms with van der Waals surface area (Å²) >= 11 is 1.73. The molecular weight excluding hydrogens is 294 g/mol. The third-order valence-electron chi connectivity index (χ3n) is 3.78. The van der Waals surface area contributed by atoms with Crippen LogP contribution >= 0.6 is 11.3 Å². The molecule has 22 heavy (non-hydrogen) atoms. The predicted molar refractivity (Wildman–Crippen MR) is 90.4 cm³/mol. The molecule has 2 N–H and O–H groups in total. The Balaban J connectivity index is 1.95. The fourth-order valence-electron chi connectivity index (χ4n) is 2.58. The molecule has 0 radical (unpaired) electrons. The van der Waals surface area contributed by atoms with Crippen molar-refractivity contribution < 1.29 is 4.74 Å². The van der Waals surface area contributed by atoms with Crippen LogP contribution in [-0.4, -0.2) is 23.4 Å². The molecule has 2 aromatic heterocycles. The van der Waals surface area contributed by atoms with Gasteiger partial charge >= 0.3 is 0 Å². The molecule has 0 aliphatic heterocycles. The van der Waals surface area contributed by atoms with Crippen LogP contribution in [0.2, 0.25) is 0 Å². The summed E-state index contributed by atoms with van der Waals surface area (Å²) < 4.78 is 7.13. The van der Waals surface area contributed by atoms with Crippen LogP contribution in [0.25, 0.3) is 11.3 Å². The minimum absolute atomic E-state index is 0.185. The lowest BCUT2D eigenvalue weighted by atomic mass is 10.0. The molecule has 0 aliphatic carbocycles. The van der Waals surface area contributed by atoms with Crippen LogP contribution in [0.3, 0.4) is 0 Å². The first kappa shape index (κ1) is 14.8. The lowest BCUT2D eigenvalue weighted by molar-refractivity contribution is 0.415. The topological polar surface area (TPSA) is 53.1 Å². The number of rotatable bonds is 5. The molecule has 5 heteroatoms. The van der Waals surface area contributed by atoms with Crippen molar-refractivity contribution in [3.63, 3.8) is 0 Å². The van der Waals surface area contributed by atoms with Gasteiger partial charge in [-0.1, -0.05) is 6.07 Å². The van der Waals surface area contributed by atoms with Gasteiger partial charge in [0, 0.05) is 35.6 Å². The summed E-state index contributed by atoms with van der Waals surface area (Å²) in [5, 5.41) is 6.72. The summed E-state index contributed by atoms with van der Waals surface area (Å²) in [6.45, 7) is 0.572. The standard InChI is InChI=1S/C17H19N3OS/c1-20-16(14(11-18)17-4-3-9-22-17)10-15(19-20)12-5-7-13(21-2)8-6-12/h3-10,14H,11,18H2,1-2H3. The maximum Gasteiger partial charge on any atom is 0.118 e. The zero-order chi connectivity index (χ0) is 15.5. The van der Waals surface area contributed by atoms with E-state index in [1.807, 2.05) is 36.0 Å². The summed E-state index contributed by atoms with van der Waals surface area (Å²) in [4.78, 5) is 1.27. The number of nitrogens with two attached hydrogens (primary N) is 1. The average Bonchev–Trinajstić information content (AvgIpc) is 3.19. The number of hydrogen-bond acceptors (Lipinski definition) is 4. The van der Waals surface area contributed by atoms with Crippen molar-refractivity contribution in [3.8, 4) is 17.0 Å². The van der Waals surface area contributed by atoms with Crippen molar-refractivity contribution >= 4 is 11.3 Å². The van der Waals surface area contributed by atoms with Gasteiger partial charge in [0.1, 0.15) is 5.75 Å². The summed E-state index contributed by atoms with van der Waals surface area (Å²) in [6, 6.07) is 14.2. The molecule has 0 spiro atoms. The van der Waals surface area contributed by atoms with Gasteiger partial charge in [0.2, 0.25) is 0 Å². The highest BCUT2D eigenvalue weighted by Crippen LogP contribution is 2.30. The molecule has 3 aromatic rings. The van der Waals surface area contributed by atoms with Crippen molar-refractivity contribution in [2.45, 2.75) is 5.92 Å². The maximum atomic E-state index is 6.00. The first-order valence-corrected chi connectivity index (χ1v) is 8.02. The van der Waals surface area contributed by atoms with Crippen molar-refractivity contribution in [1.29, 1.82) is 0 Å². The fourth-order valence-corrected chi connectivity index (χ4v) is 3.44. The molecule has 3 rings (SSSR count). The normalized spacial score (nSPS) is 12.3. The van der Waals surface area contributed by atoms with Gasteiger partial charge in [-0.15, -0.1) is 11.3 Å². The summed E-state index contributed by atoms with van der Waals surface area (Å²) in [5.41, 5.74) is 9.16. The lowest BCUT2D eigenvalue weighted by Gasteiger charge is -2.12. The Morgan fingerprint density at radius 2 is 2.05 bits per heavy atom. The first-order valence-electron chi connectivity index (χ1n) is 7.14. The van der Waals surface area contributed by atoms with Crippen molar-refractivity contribution in [1.82, 2.24) is 9.78 Å². The van der Waals surface area contributed by atoms with Gasteiger partial charge in [-0.25, -0.2) is 0 Å². The van der Waals surface area contributed by atoms with Crippen molar-refractivity contribution in [2.75, 3.05) is 13.7 Å². The van der Waals surface area contributed by atoms with E-state index in [2.05, 4.69) is 28.7 Å². The van der Waals surface area contributed by atoms with Crippen LogP contribution in [0.5, 0.6) is 5.75 Å². The molecule has 0 fully saturated rings. The van der Waals surface area contributed by atoms with Gasteiger partial charge in [-0.05, 0) is 41.8 Å². The number of benzene rings is 1. The molecule has 2 heterocycles. The number of thiophene rings is 1. The minimum Gasteiger partial charge on any atom is -0.497 e. The van der Waals surface area contributed by atoms with E-state index in [9.17, 15) is 0 Å². The van der Waals surface area contributed by atoms with E-state index < -0.39 is 0 Å². The van der Waals surface area contributed by atoms with Gasteiger partial charge in [0.15, 0.2) is 0 Å². The number of hydrogen-bond donors (Lipinski definition) is 1. The van der Waals surface area contributed by atoms with Gasteiger partial charge in [-0.2, -0.15) is 5.10 Å². The smallest absolute Gasteiger partial charge is 0.118 e. The third-order valence-corrected chi connectivity index (χ3v) is 4.77. The number of methoxy groups -OCH3 is 1. The van der Waals surface area contributed by atoms with E-state index in [1.165, 1.54) is 4.88 Å². The van der Waals surface area contributed by atoms with Crippen molar-refractivity contribution in [2.24, 2.45) is 12.8 Å². The van der Waals surface area contributed by atoms with Gasteiger partial charge < -0.3 is 10.5 Å². The SMILES string of the molecule is COc1ccc(-c2cc(C(CN)c3cccs3)n(C)n2)cc1. The predicted octanol–water partition coefficient (Wildman–Crippen LogP) is 3.25. The maximum absolute atomic E-state index is 6.00. The Morgan fingerprint density at radius 3 is 2.64 bits per heavy atom. The summed E-state index contributed by atoms with van der Waals surface area (Å²) in [5.74, 6) is 1.03. The van der Waals surface area contributed by atoms with Crippen LogP contribution in [-0.2, 0) is 7.05 Å². The minimum atomic E-state index is 0.185. The Kier molecular flexibility index (Phi) is 4.27. The first-order chi connectivity index (χ1) is 10.7. The van der Waals surface area contributed by atoms with E-state index in [4.69, 9.17) is 10.5 Å². The monoisotopic (exact) mass is 313 g/mol. The zero-order valence-corrected chi connectivity index (χ0v) is 13.5. The number of nitrogens with zero attached hydrogens (tertiary/aromatic N) is 2. The lowest BCUT2D eigenvalue weighted by Crippen LogP contribution is -2.15. The quantitative estimate of drug-likeness (QED) is 0.786. The largest absolute Gasteiger partial charge is 0.497 e. The van der Waals surface area contributed by atoms with Gasteiger partial charge in [-0.3, -0.25) is 4.68 Å². The Hall–Kier alpha value is -2.11. The van der Waals surface area contributed by atoms with Crippen LogP contribution in [0, 0.1) is 0 Å². The highest BCUT2D eigenvalue weighted by atomic mass is 32.1. The highest BCUT2D eigenvalue weighted by molar-refractivity contribution is 7.10. The van der Waals surface area contributed by atoms with Crippen LogP contribution in [0.4, 0.5) is 0 Å². The average molecular weight is 313 g/mol. The number of aryl methyl sites for hydroxylation is 1. The molecule has 1 atom stereocenters. The molecule has 4 nitrogen and oxygen atoms in total. The number of ether oxygens (including phenoxy) is 1. The van der Waals surface area contributed by atoms with E-state index in [1.54, 1.807) is 18.4 Å². The fraction of sp³-hybridized carbons (Fsp3) is 0.235. The molecule has 0 bridgehead atoms. The molecule has 0 aliphatic rings. The van der Waals surface area contributed by atoms with E-state index in [-0.39, 0.29) is 5.92 Å². The molecule has 0 saturated heterocycles. The number of aromatic nitrogens is 2. The van der Waals surface area contributed by atoms with Gasteiger partial charge in [0.25, 0.3) is 0 Å². The molecule has 0 amide bonds. The van der Waals surface area contributed by atoms with Gasteiger partial charge in [0.05, 0.1) is 12.8 Å². The summed E-state index contributed by atoms with van der Waals surface area (Å²) in [7, 11) is 3.64. The molecule has 1 aromatic carbocycles.